The third-order valence-corrected chi connectivity index (χ3v) is 4.29. The van der Waals surface area contributed by atoms with Gasteiger partial charge in [0.05, 0.1) is 0 Å². The Labute approximate surface area is 154 Å². The second kappa shape index (κ2) is 8.85. The first-order chi connectivity index (χ1) is 12.8. The molecule has 0 N–H and O–H groups in total. The van der Waals surface area contributed by atoms with Gasteiger partial charge in [0, 0.05) is 50.3 Å². The molecule has 2 heterocycles. The van der Waals surface area contributed by atoms with Gasteiger partial charge in [0.15, 0.2) is 0 Å². The highest BCUT2D eigenvalue weighted by Gasteiger charge is 2.19. The van der Waals surface area contributed by atoms with Crippen LogP contribution in [0.4, 0.5) is 5.69 Å². The summed E-state index contributed by atoms with van der Waals surface area (Å²) in [4.78, 5) is 20.6. The average molecular weight is 349 g/mol. The van der Waals surface area contributed by atoms with Gasteiger partial charge in [-0.05, 0) is 35.9 Å². The Hall–Kier alpha value is -3.08. The molecule has 0 spiro atoms. The minimum atomic E-state index is 0.0476. The fourth-order valence-electron chi connectivity index (χ4n) is 2.84. The maximum absolute atomic E-state index is 12.4. The lowest BCUT2D eigenvalue weighted by atomic mass is 10.2. The molecule has 2 aromatic rings. The van der Waals surface area contributed by atoms with Crippen LogP contribution in [0.3, 0.4) is 0 Å². The van der Waals surface area contributed by atoms with E-state index in [0.717, 1.165) is 43.2 Å². The van der Waals surface area contributed by atoms with Crippen LogP contribution in [0, 0.1) is 0 Å². The number of nitrogens with zero attached hydrogens (tertiary/aromatic N) is 3. The molecule has 1 aromatic heterocycles. The minimum Gasteiger partial charge on any atom is -0.490 e. The number of ether oxygens (including phenoxy) is 1. The first kappa shape index (κ1) is 17.7. The summed E-state index contributed by atoms with van der Waals surface area (Å²) in [5.41, 5.74) is 2.13. The average Bonchev–Trinajstić information content (AvgIpc) is 2.72. The third kappa shape index (κ3) is 4.72. The second-order valence-corrected chi connectivity index (χ2v) is 6.02. The maximum atomic E-state index is 12.4. The lowest BCUT2D eigenvalue weighted by molar-refractivity contribution is -0.126. The van der Waals surface area contributed by atoms with Crippen LogP contribution >= 0.6 is 0 Å². The van der Waals surface area contributed by atoms with E-state index in [1.807, 2.05) is 47.4 Å². The van der Waals surface area contributed by atoms with Crippen molar-refractivity contribution in [3.05, 3.63) is 73.1 Å². The zero-order chi connectivity index (χ0) is 18.2. The summed E-state index contributed by atoms with van der Waals surface area (Å²) >= 11 is 0. The lowest BCUT2D eigenvalue weighted by Crippen LogP contribution is -2.48. The number of carbonyl (C=O) groups excluding carboxylic acids is 1. The van der Waals surface area contributed by atoms with Crippen molar-refractivity contribution in [3.8, 4) is 5.75 Å². The molecule has 5 nitrogen and oxygen atoms in total. The van der Waals surface area contributed by atoms with E-state index in [4.69, 9.17) is 4.74 Å². The van der Waals surface area contributed by atoms with Gasteiger partial charge in [-0.2, -0.15) is 0 Å². The Kier molecular flexibility index (Phi) is 6.04. The predicted molar refractivity (Wildman–Crippen MR) is 104 cm³/mol. The molecule has 1 aliphatic rings. The van der Waals surface area contributed by atoms with Gasteiger partial charge >= 0.3 is 0 Å². The molecule has 0 unspecified atom stereocenters. The van der Waals surface area contributed by atoms with Gasteiger partial charge in [0.25, 0.3) is 0 Å². The number of benzene rings is 1. The van der Waals surface area contributed by atoms with Crippen molar-refractivity contribution < 1.29 is 9.53 Å². The number of rotatable bonds is 6. The summed E-state index contributed by atoms with van der Waals surface area (Å²) in [6.07, 6.45) is 8.78. The highest BCUT2D eigenvalue weighted by molar-refractivity contribution is 5.92. The molecule has 1 saturated heterocycles. The van der Waals surface area contributed by atoms with E-state index in [-0.39, 0.29) is 5.91 Å². The number of piperazine rings is 1. The first-order valence-corrected chi connectivity index (χ1v) is 8.72. The summed E-state index contributed by atoms with van der Waals surface area (Å²) in [6, 6.07) is 11.6. The van der Waals surface area contributed by atoms with Gasteiger partial charge < -0.3 is 14.5 Å². The quantitative estimate of drug-likeness (QED) is 0.594. The van der Waals surface area contributed by atoms with E-state index in [9.17, 15) is 4.79 Å². The molecular formula is C21H23N3O2. The van der Waals surface area contributed by atoms with Gasteiger partial charge in [-0.25, -0.2) is 0 Å². The van der Waals surface area contributed by atoms with Gasteiger partial charge in [0.2, 0.25) is 5.91 Å². The molecule has 0 bridgehead atoms. The maximum Gasteiger partial charge on any atom is 0.246 e. The van der Waals surface area contributed by atoms with Gasteiger partial charge in [-0.3, -0.25) is 9.78 Å². The molecule has 1 amide bonds. The molecule has 1 fully saturated rings. The van der Waals surface area contributed by atoms with Gasteiger partial charge in [-0.1, -0.05) is 24.8 Å². The Morgan fingerprint density at radius 3 is 2.42 bits per heavy atom. The van der Waals surface area contributed by atoms with Crippen molar-refractivity contribution in [2.24, 2.45) is 0 Å². The molecule has 0 atom stereocenters. The number of hydrogen-bond donors (Lipinski definition) is 0. The summed E-state index contributed by atoms with van der Waals surface area (Å²) in [5.74, 6) is 0.840. The van der Waals surface area contributed by atoms with Crippen molar-refractivity contribution in [2.45, 2.75) is 0 Å². The summed E-state index contributed by atoms with van der Waals surface area (Å²) < 4.78 is 5.45. The highest BCUT2D eigenvalue weighted by Crippen LogP contribution is 2.16. The fraction of sp³-hybridized carbons (Fsp3) is 0.238. The predicted octanol–water partition coefficient (Wildman–Crippen LogP) is 3.01. The Morgan fingerprint density at radius 1 is 1.08 bits per heavy atom. The van der Waals surface area contributed by atoms with Crippen LogP contribution in [0.5, 0.6) is 5.75 Å². The Morgan fingerprint density at radius 2 is 1.77 bits per heavy atom. The molecule has 1 aliphatic heterocycles. The van der Waals surface area contributed by atoms with Crippen molar-refractivity contribution in [1.29, 1.82) is 0 Å². The van der Waals surface area contributed by atoms with E-state index in [2.05, 4.69) is 16.5 Å². The molecule has 5 heteroatoms. The lowest BCUT2D eigenvalue weighted by Gasteiger charge is -2.35. The van der Waals surface area contributed by atoms with Gasteiger partial charge in [0.1, 0.15) is 12.4 Å². The number of carbonyl (C=O) groups is 1. The van der Waals surface area contributed by atoms with Crippen LogP contribution in [0.15, 0.2) is 67.5 Å². The Bertz CT molecular complexity index is 749. The number of hydrogen-bond acceptors (Lipinski definition) is 4. The standard InChI is InChI=1S/C21H23N3O2/c1-2-17-26-20-6-3-18(4-7-20)5-8-21(25)24-15-13-23(14-16-24)19-9-11-22-12-10-19/h2-12H,1,13-17H2/b8-5+. The normalized spacial score (nSPS) is 14.5. The van der Waals surface area contributed by atoms with Crippen LogP contribution in [0.2, 0.25) is 0 Å². The third-order valence-electron chi connectivity index (χ3n) is 4.29. The molecule has 0 saturated carbocycles. The van der Waals surface area contributed by atoms with Crippen LogP contribution in [0.1, 0.15) is 5.56 Å². The SMILES string of the molecule is C=CCOc1ccc(/C=C/C(=O)N2CCN(c3ccncc3)CC2)cc1. The fourth-order valence-corrected chi connectivity index (χ4v) is 2.84. The molecular weight excluding hydrogens is 326 g/mol. The van der Waals surface area contributed by atoms with Crippen LogP contribution < -0.4 is 9.64 Å². The number of pyridine rings is 1. The molecule has 0 aliphatic carbocycles. The second-order valence-electron chi connectivity index (χ2n) is 6.02. The van der Waals surface area contributed by atoms with Crippen molar-refractivity contribution in [2.75, 3.05) is 37.7 Å². The number of amides is 1. The summed E-state index contributed by atoms with van der Waals surface area (Å²) in [7, 11) is 0. The zero-order valence-corrected chi connectivity index (χ0v) is 14.8. The molecule has 3 rings (SSSR count). The summed E-state index contributed by atoms with van der Waals surface area (Å²) in [5, 5.41) is 0. The van der Waals surface area contributed by atoms with Crippen LogP contribution in [0.25, 0.3) is 6.08 Å². The van der Waals surface area contributed by atoms with Crippen LogP contribution in [-0.2, 0) is 4.79 Å². The minimum absolute atomic E-state index is 0.0476. The zero-order valence-electron chi connectivity index (χ0n) is 14.8. The number of anilines is 1. The largest absolute Gasteiger partial charge is 0.490 e. The van der Waals surface area contributed by atoms with E-state index < -0.39 is 0 Å². The highest BCUT2D eigenvalue weighted by atomic mass is 16.5. The smallest absolute Gasteiger partial charge is 0.246 e. The first-order valence-electron chi connectivity index (χ1n) is 8.72. The van der Waals surface area contributed by atoms with Crippen molar-refractivity contribution >= 4 is 17.7 Å². The van der Waals surface area contributed by atoms with Crippen molar-refractivity contribution in [3.63, 3.8) is 0 Å². The van der Waals surface area contributed by atoms with Crippen molar-refractivity contribution in [1.82, 2.24) is 9.88 Å². The van der Waals surface area contributed by atoms with E-state index in [1.165, 1.54) is 0 Å². The van der Waals surface area contributed by atoms with E-state index in [1.54, 1.807) is 24.5 Å². The van der Waals surface area contributed by atoms with Gasteiger partial charge in [-0.15, -0.1) is 0 Å². The molecule has 26 heavy (non-hydrogen) atoms. The molecule has 134 valence electrons. The van der Waals surface area contributed by atoms with Crippen LogP contribution in [-0.4, -0.2) is 48.6 Å². The monoisotopic (exact) mass is 349 g/mol. The number of aromatic nitrogens is 1. The molecule has 1 aromatic carbocycles. The van der Waals surface area contributed by atoms with E-state index >= 15 is 0 Å². The molecule has 0 radical (unpaired) electrons. The summed E-state index contributed by atoms with van der Waals surface area (Å²) in [6.45, 7) is 7.22. The van der Waals surface area contributed by atoms with E-state index in [0.29, 0.717) is 6.61 Å². The Balaban J connectivity index is 1.51. The topological polar surface area (TPSA) is 45.7 Å².